The largest absolute Gasteiger partial charge is 0.396 e. The topological polar surface area (TPSA) is 55.8 Å². The standard InChI is InChI=1S/C18H29N3O2/c1-4-21(14(2)3)17-7-5-16(6-8-17)19-18(23)20-11-9-15(13-22)10-12-20/h5-8,14-15,22H,4,9-13H2,1-3H3,(H,19,23). The van der Waals surface area contributed by atoms with Crippen molar-refractivity contribution < 1.29 is 9.90 Å². The van der Waals surface area contributed by atoms with E-state index < -0.39 is 0 Å². The molecule has 1 aliphatic rings. The van der Waals surface area contributed by atoms with Crippen LogP contribution in [0.5, 0.6) is 0 Å². The quantitative estimate of drug-likeness (QED) is 0.876. The number of rotatable bonds is 5. The van der Waals surface area contributed by atoms with Crippen molar-refractivity contribution >= 4 is 17.4 Å². The maximum atomic E-state index is 12.3. The highest BCUT2D eigenvalue weighted by Gasteiger charge is 2.22. The van der Waals surface area contributed by atoms with Crippen LogP contribution in [0, 0.1) is 5.92 Å². The maximum Gasteiger partial charge on any atom is 0.321 e. The summed E-state index contributed by atoms with van der Waals surface area (Å²) in [5.74, 6) is 0.342. The average Bonchev–Trinajstić information content (AvgIpc) is 2.56. The SMILES string of the molecule is CCN(c1ccc(NC(=O)N2CCC(CO)CC2)cc1)C(C)C. The lowest BCUT2D eigenvalue weighted by Crippen LogP contribution is -2.41. The van der Waals surface area contributed by atoms with Gasteiger partial charge in [-0.05, 0) is 63.8 Å². The third-order valence-corrected chi connectivity index (χ3v) is 4.57. The Morgan fingerprint density at radius 1 is 1.30 bits per heavy atom. The van der Waals surface area contributed by atoms with Gasteiger partial charge in [0.1, 0.15) is 0 Å². The number of amides is 2. The lowest BCUT2D eigenvalue weighted by molar-refractivity contribution is 0.143. The van der Waals surface area contributed by atoms with Gasteiger partial charge in [-0.25, -0.2) is 4.79 Å². The summed E-state index contributed by atoms with van der Waals surface area (Å²) in [5, 5.41) is 12.1. The number of piperidine rings is 1. The van der Waals surface area contributed by atoms with Crippen molar-refractivity contribution in [1.82, 2.24) is 4.90 Å². The Morgan fingerprint density at radius 2 is 1.91 bits per heavy atom. The lowest BCUT2D eigenvalue weighted by atomic mass is 9.98. The minimum Gasteiger partial charge on any atom is -0.396 e. The number of carbonyl (C=O) groups excluding carboxylic acids is 1. The zero-order valence-corrected chi connectivity index (χ0v) is 14.5. The van der Waals surface area contributed by atoms with E-state index in [9.17, 15) is 4.79 Å². The molecule has 1 aliphatic heterocycles. The van der Waals surface area contributed by atoms with Crippen molar-refractivity contribution in [1.29, 1.82) is 0 Å². The van der Waals surface area contributed by atoms with Gasteiger partial charge < -0.3 is 20.2 Å². The van der Waals surface area contributed by atoms with E-state index in [2.05, 4.69) is 43.1 Å². The Labute approximate surface area is 139 Å². The van der Waals surface area contributed by atoms with Gasteiger partial charge in [-0.2, -0.15) is 0 Å². The Kier molecular flexibility index (Phi) is 6.28. The van der Waals surface area contributed by atoms with E-state index >= 15 is 0 Å². The van der Waals surface area contributed by atoms with E-state index in [1.165, 1.54) is 5.69 Å². The minimum atomic E-state index is -0.0506. The second kappa shape index (κ2) is 8.20. The van der Waals surface area contributed by atoms with Gasteiger partial charge >= 0.3 is 6.03 Å². The Hall–Kier alpha value is -1.75. The average molecular weight is 319 g/mol. The van der Waals surface area contributed by atoms with Crippen molar-refractivity contribution in [3.05, 3.63) is 24.3 Å². The first-order chi connectivity index (χ1) is 11.0. The molecule has 2 amide bonds. The molecular formula is C18H29N3O2. The molecular weight excluding hydrogens is 290 g/mol. The molecule has 0 atom stereocenters. The fourth-order valence-corrected chi connectivity index (χ4v) is 3.10. The summed E-state index contributed by atoms with van der Waals surface area (Å²) in [6.45, 7) is 9.11. The molecule has 0 bridgehead atoms. The highest BCUT2D eigenvalue weighted by atomic mass is 16.3. The Bertz CT molecular complexity index is 493. The van der Waals surface area contributed by atoms with Crippen LogP contribution in [0.4, 0.5) is 16.2 Å². The zero-order valence-electron chi connectivity index (χ0n) is 14.5. The molecule has 1 aromatic rings. The van der Waals surface area contributed by atoms with Crippen molar-refractivity contribution in [3.63, 3.8) is 0 Å². The lowest BCUT2D eigenvalue weighted by Gasteiger charge is -2.31. The first kappa shape index (κ1) is 17.6. The summed E-state index contributed by atoms with van der Waals surface area (Å²) in [5.41, 5.74) is 1.99. The second-order valence-electron chi connectivity index (χ2n) is 6.47. The van der Waals surface area contributed by atoms with Crippen LogP contribution in [-0.2, 0) is 0 Å². The van der Waals surface area contributed by atoms with E-state index in [0.717, 1.165) is 25.1 Å². The molecule has 0 aromatic heterocycles. The van der Waals surface area contributed by atoms with Crippen LogP contribution in [-0.4, -0.2) is 48.3 Å². The number of benzene rings is 1. The van der Waals surface area contributed by atoms with Crippen LogP contribution in [0.15, 0.2) is 24.3 Å². The maximum absolute atomic E-state index is 12.3. The summed E-state index contributed by atoms with van der Waals surface area (Å²) in [7, 11) is 0. The number of nitrogens with zero attached hydrogens (tertiary/aromatic N) is 2. The van der Waals surface area contributed by atoms with Gasteiger partial charge in [-0.15, -0.1) is 0 Å². The van der Waals surface area contributed by atoms with Crippen LogP contribution in [0.1, 0.15) is 33.6 Å². The molecule has 0 aliphatic carbocycles. The molecule has 1 aromatic carbocycles. The van der Waals surface area contributed by atoms with Gasteiger partial charge in [0.05, 0.1) is 0 Å². The highest BCUT2D eigenvalue weighted by molar-refractivity contribution is 5.89. The first-order valence-electron chi connectivity index (χ1n) is 8.58. The molecule has 128 valence electrons. The Balaban J connectivity index is 1.92. The van der Waals surface area contributed by atoms with Gasteiger partial charge in [0.25, 0.3) is 0 Å². The van der Waals surface area contributed by atoms with Crippen LogP contribution < -0.4 is 10.2 Å². The molecule has 2 rings (SSSR count). The zero-order chi connectivity index (χ0) is 16.8. The molecule has 0 saturated carbocycles. The third kappa shape index (κ3) is 4.61. The number of urea groups is 1. The summed E-state index contributed by atoms with van der Waals surface area (Å²) in [6, 6.07) is 8.42. The van der Waals surface area contributed by atoms with Crippen molar-refractivity contribution in [2.24, 2.45) is 5.92 Å². The predicted octanol–water partition coefficient (Wildman–Crippen LogP) is 3.16. The van der Waals surface area contributed by atoms with Gasteiger partial charge in [-0.1, -0.05) is 0 Å². The Morgan fingerprint density at radius 3 is 2.39 bits per heavy atom. The number of carbonyl (C=O) groups is 1. The number of nitrogens with one attached hydrogen (secondary N) is 1. The van der Waals surface area contributed by atoms with Crippen LogP contribution in [0.25, 0.3) is 0 Å². The smallest absolute Gasteiger partial charge is 0.321 e. The van der Waals surface area contributed by atoms with Crippen molar-refractivity contribution in [3.8, 4) is 0 Å². The monoisotopic (exact) mass is 319 g/mol. The molecule has 0 unspecified atom stereocenters. The van der Waals surface area contributed by atoms with Gasteiger partial charge in [0.15, 0.2) is 0 Å². The number of hydrogen-bond acceptors (Lipinski definition) is 3. The molecule has 1 heterocycles. The normalized spacial score (nSPS) is 15.8. The van der Waals surface area contributed by atoms with Gasteiger partial charge in [0, 0.05) is 43.7 Å². The van der Waals surface area contributed by atoms with Crippen molar-refractivity contribution in [2.75, 3.05) is 36.5 Å². The van der Waals surface area contributed by atoms with E-state index in [-0.39, 0.29) is 12.6 Å². The number of aliphatic hydroxyl groups excluding tert-OH is 1. The third-order valence-electron chi connectivity index (χ3n) is 4.57. The number of aliphatic hydroxyl groups is 1. The van der Waals surface area contributed by atoms with Gasteiger partial charge in [0.2, 0.25) is 0 Å². The van der Waals surface area contributed by atoms with Gasteiger partial charge in [-0.3, -0.25) is 0 Å². The summed E-state index contributed by atoms with van der Waals surface area (Å²) < 4.78 is 0. The molecule has 23 heavy (non-hydrogen) atoms. The molecule has 2 N–H and O–H groups in total. The van der Waals surface area contributed by atoms with Crippen LogP contribution in [0.3, 0.4) is 0 Å². The van der Waals surface area contributed by atoms with Crippen molar-refractivity contribution in [2.45, 2.75) is 39.7 Å². The molecule has 1 saturated heterocycles. The fraction of sp³-hybridized carbons (Fsp3) is 0.611. The van der Waals surface area contributed by atoms with E-state index in [1.807, 2.05) is 17.0 Å². The number of anilines is 2. The number of hydrogen-bond donors (Lipinski definition) is 2. The summed E-state index contributed by atoms with van der Waals surface area (Å²) >= 11 is 0. The predicted molar refractivity (Wildman–Crippen MR) is 95.0 cm³/mol. The highest BCUT2D eigenvalue weighted by Crippen LogP contribution is 2.21. The number of likely N-dealkylation sites (tertiary alicyclic amines) is 1. The molecule has 0 radical (unpaired) electrons. The minimum absolute atomic E-state index is 0.0506. The van der Waals surface area contributed by atoms with Crippen LogP contribution in [0.2, 0.25) is 0 Å². The molecule has 5 nitrogen and oxygen atoms in total. The first-order valence-corrected chi connectivity index (χ1v) is 8.58. The van der Waals surface area contributed by atoms with Crippen LogP contribution >= 0.6 is 0 Å². The summed E-state index contributed by atoms with van der Waals surface area (Å²) in [6.07, 6.45) is 1.76. The molecule has 5 heteroatoms. The second-order valence-corrected chi connectivity index (χ2v) is 6.47. The summed E-state index contributed by atoms with van der Waals surface area (Å²) in [4.78, 5) is 16.4. The van der Waals surface area contributed by atoms with E-state index in [1.54, 1.807) is 0 Å². The molecule has 1 fully saturated rings. The fourth-order valence-electron chi connectivity index (χ4n) is 3.10. The van der Waals surface area contributed by atoms with E-state index in [0.29, 0.717) is 25.0 Å². The van der Waals surface area contributed by atoms with E-state index in [4.69, 9.17) is 5.11 Å². The molecule has 0 spiro atoms.